The third-order valence-corrected chi connectivity index (χ3v) is 3.14. The molecule has 1 rings (SSSR count). The van der Waals surface area contributed by atoms with Crippen molar-refractivity contribution in [2.75, 3.05) is 6.54 Å². The summed E-state index contributed by atoms with van der Waals surface area (Å²) >= 11 is 0. The minimum absolute atomic E-state index is 0.216. The molecule has 1 aliphatic heterocycles. The van der Waals surface area contributed by atoms with Gasteiger partial charge in [-0.25, -0.2) is 0 Å². The van der Waals surface area contributed by atoms with Gasteiger partial charge in [0.2, 0.25) is 5.91 Å². The van der Waals surface area contributed by atoms with Crippen LogP contribution in [0, 0.1) is 23.7 Å². The Morgan fingerprint density at radius 2 is 2.08 bits per heavy atom. The van der Waals surface area contributed by atoms with Gasteiger partial charge in [-0.2, -0.15) is 0 Å². The number of hydrogen-bond acceptors (Lipinski definition) is 1. The first kappa shape index (κ1) is 10.6. The number of amides is 1. The number of hydrogen-bond donors (Lipinski definition) is 1. The SMILES string of the molecule is CC(C)CC(C)C1CNC(=O)C1C. The van der Waals surface area contributed by atoms with Gasteiger partial charge in [0.05, 0.1) is 0 Å². The average molecular weight is 183 g/mol. The van der Waals surface area contributed by atoms with Gasteiger partial charge in [-0.05, 0) is 24.2 Å². The third kappa shape index (κ3) is 2.45. The first-order valence-corrected chi connectivity index (χ1v) is 5.30. The topological polar surface area (TPSA) is 29.1 Å². The van der Waals surface area contributed by atoms with Crippen LogP contribution in [0.2, 0.25) is 0 Å². The molecule has 2 heteroatoms. The minimum Gasteiger partial charge on any atom is -0.356 e. The molecule has 1 aliphatic rings. The van der Waals surface area contributed by atoms with E-state index in [9.17, 15) is 4.79 Å². The lowest BCUT2D eigenvalue weighted by atomic mass is 9.81. The van der Waals surface area contributed by atoms with Gasteiger partial charge in [-0.1, -0.05) is 27.7 Å². The smallest absolute Gasteiger partial charge is 0.223 e. The van der Waals surface area contributed by atoms with Crippen molar-refractivity contribution in [3.05, 3.63) is 0 Å². The van der Waals surface area contributed by atoms with E-state index in [1.165, 1.54) is 6.42 Å². The van der Waals surface area contributed by atoms with Crippen LogP contribution in [-0.4, -0.2) is 12.5 Å². The third-order valence-electron chi connectivity index (χ3n) is 3.14. The molecule has 1 heterocycles. The van der Waals surface area contributed by atoms with Gasteiger partial charge in [0.1, 0.15) is 0 Å². The molecule has 0 aromatic carbocycles. The number of carbonyl (C=O) groups is 1. The molecule has 0 bridgehead atoms. The van der Waals surface area contributed by atoms with Crippen LogP contribution in [0.25, 0.3) is 0 Å². The highest BCUT2D eigenvalue weighted by atomic mass is 16.2. The van der Waals surface area contributed by atoms with Crippen molar-refractivity contribution in [1.29, 1.82) is 0 Å². The predicted molar refractivity (Wildman–Crippen MR) is 54.3 cm³/mol. The monoisotopic (exact) mass is 183 g/mol. The van der Waals surface area contributed by atoms with Crippen molar-refractivity contribution in [1.82, 2.24) is 5.32 Å². The van der Waals surface area contributed by atoms with E-state index in [1.807, 2.05) is 6.92 Å². The Labute approximate surface area is 81.1 Å². The van der Waals surface area contributed by atoms with Gasteiger partial charge in [0.25, 0.3) is 0 Å². The van der Waals surface area contributed by atoms with Crippen molar-refractivity contribution in [3.63, 3.8) is 0 Å². The van der Waals surface area contributed by atoms with Gasteiger partial charge in [0.15, 0.2) is 0 Å². The van der Waals surface area contributed by atoms with E-state index in [0.29, 0.717) is 11.8 Å². The Kier molecular flexibility index (Phi) is 3.34. The molecule has 1 N–H and O–H groups in total. The number of carbonyl (C=O) groups excluding carboxylic acids is 1. The van der Waals surface area contributed by atoms with Crippen molar-refractivity contribution < 1.29 is 4.79 Å². The molecule has 0 saturated carbocycles. The van der Waals surface area contributed by atoms with E-state index in [4.69, 9.17) is 0 Å². The van der Waals surface area contributed by atoms with E-state index in [-0.39, 0.29) is 11.8 Å². The standard InChI is InChI=1S/C11H21NO/c1-7(2)5-8(3)10-6-12-11(13)9(10)4/h7-10H,5-6H2,1-4H3,(H,12,13). The van der Waals surface area contributed by atoms with Crippen molar-refractivity contribution >= 4 is 5.91 Å². The molecule has 0 aromatic rings. The van der Waals surface area contributed by atoms with Gasteiger partial charge in [0, 0.05) is 12.5 Å². The zero-order valence-corrected chi connectivity index (χ0v) is 9.13. The first-order valence-electron chi connectivity index (χ1n) is 5.30. The average Bonchev–Trinajstić information content (AvgIpc) is 2.31. The molecule has 76 valence electrons. The van der Waals surface area contributed by atoms with Crippen LogP contribution in [0.1, 0.15) is 34.1 Å². The van der Waals surface area contributed by atoms with Crippen molar-refractivity contribution in [3.8, 4) is 0 Å². The number of nitrogens with one attached hydrogen (secondary N) is 1. The fourth-order valence-corrected chi connectivity index (χ4v) is 2.36. The maximum atomic E-state index is 11.3. The largest absolute Gasteiger partial charge is 0.356 e. The lowest BCUT2D eigenvalue weighted by molar-refractivity contribution is -0.122. The fraction of sp³-hybridized carbons (Fsp3) is 0.909. The first-order chi connectivity index (χ1) is 6.02. The lowest BCUT2D eigenvalue weighted by Gasteiger charge is -2.22. The molecule has 3 atom stereocenters. The van der Waals surface area contributed by atoms with Gasteiger partial charge < -0.3 is 5.32 Å². The summed E-state index contributed by atoms with van der Waals surface area (Å²) in [5.74, 6) is 2.40. The summed E-state index contributed by atoms with van der Waals surface area (Å²) in [5.41, 5.74) is 0. The Balaban J connectivity index is 2.48. The van der Waals surface area contributed by atoms with Crippen LogP contribution in [0.15, 0.2) is 0 Å². The lowest BCUT2D eigenvalue weighted by Crippen LogP contribution is -2.20. The Morgan fingerprint density at radius 3 is 2.46 bits per heavy atom. The molecule has 1 fully saturated rings. The molecule has 0 radical (unpaired) electrons. The normalized spacial score (nSPS) is 30.7. The van der Waals surface area contributed by atoms with E-state index >= 15 is 0 Å². The van der Waals surface area contributed by atoms with Crippen LogP contribution in [0.5, 0.6) is 0 Å². The molecule has 2 nitrogen and oxygen atoms in total. The molecule has 1 saturated heterocycles. The van der Waals surface area contributed by atoms with Gasteiger partial charge in [-0.15, -0.1) is 0 Å². The molecule has 0 aromatic heterocycles. The summed E-state index contributed by atoms with van der Waals surface area (Å²) in [4.78, 5) is 11.3. The maximum Gasteiger partial charge on any atom is 0.223 e. The van der Waals surface area contributed by atoms with Crippen LogP contribution in [0.4, 0.5) is 0 Å². The second-order valence-corrected chi connectivity index (χ2v) is 4.80. The molecular weight excluding hydrogens is 162 g/mol. The van der Waals surface area contributed by atoms with Crippen LogP contribution in [0.3, 0.4) is 0 Å². The Morgan fingerprint density at radius 1 is 1.46 bits per heavy atom. The van der Waals surface area contributed by atoms with Gasteiger partial charge in [-0.3, -0.25) is 4.79 Å². The van der Waals surface area contributed by atoms with E-state index in [0.717, 1.165) is 12.5 Å². The summed E-state index contributed by atoms with van der Waals surface area (Å²) in [6.07, 6.45) is 1.23. The van der Waals surface area contributed by atoms with E-state index in [1.54, 1.807) is 0 Å². The Hall–Kier alpha value is -0.530. The summed E-state index contributed by atoms with van der Waals surface area (Å²) in [5, 5.41) is 2.93. The summed E-state index contributed by atoms with van der Waals surface area (Å²) < 4.78 is 0. The van der Waals surface area contributed by atoms with E-state index < -0.39 is 0 Å². The van der Waals surface area contributed by atoms with Crippen LogP contribution < -0.4 is 5.32 Å². The highest BCUT2D eigenvalue weighted by Crippen LogP contribution is 2.29. The van der Waals surface area contributed by atoms with Crippen molar-refractivity contribution in [2.24, 2.45) is 23.7 Å². The van der Waals surface area contributed by atoms with E-state index in [2.05, 4.69) is 26.1 Å². The van der Waals surface area contributed by atoms with Crippen LogP contribution >= 0.6 is 0 Å². The molecule has 0 aliphatic carbocycles. The maximum absolute atomic E-state index is 11.3. The summed E-state index contributed by atoms with van der Waals surface area (Å²) in [6.45, 7) is 9.68. The Bertz CT molecular complexity index is 189. The molecule has 0 spiro atoms. The fourth-order valence-electron chi connectivity index (χ4n) is 2.36. The zero-order chi connectivity index (χ0) is 10.0. The molecule has 1 amide bonds. The second-order valence-electron chi connectivity index (χ2n) is 4.80. The number of rotatable bonds is 3. The predicted octanol–water partition coefficient (Wildman–Crippen LogP) is 2.05. The second kappa shape index (κ2) is 4.12. The zero-order valence-electron chi connectivity index (χ0n) is 9.13. The van der Waals surface area contributed by atoms with Gasteiger partial charge >= 0.3 is 0 Å². The minimum atomic E-state index is 0.216. The summed E-state index contributed by atoms with van der Waals surface area (Å²) in [6, 6.07) is 0. The quantitative estimate of drug-likeness (QED) is 0.713. The molecule has 3 unspecified atom stereocenters. The highest BCUT2D eigenvalue weighted by Gasteiger charge is 2.34. The van der Waals surface area contributed by atoms with Crippen LogP contribution in [-0.2, 0) is 4.79 Å². The summed E-state index contributed by atoms with van der Waals surface area (Å²) in [7, 11) is 0. The molecule has 13 heavy (non-hydrogen) atoms. The van der Waals surface area contributed by atoms with Crippen molar-refractivity contribution in [2.45, 2.75) is 34.1 Å². The highest BCUT2D eigenvalue weighted by molar-refractivity contribution is 5.80. The molecular formula is C11H21NO.